The molecular formula is C14H13NO2S2. The van der Waals surface area contributed by atoms with Gasteiger partial charge in [0.15, 0.2) is 0 Å². The SMILES string of the molecule is C=CCSC1=N/C(=C\c2cccc(OC)c2)C(=O)S1. The Kier molecular flexibility index (Phi) is 4.87. The van der Waals surface area contributed by atoms with E-state index in [9.17, 15) is 4.79 Å². The van der Waals surface area contributed by atoms with Gasteiger partial charge in [-0.1, -0.05) is 30.0 Å². The molecule has 0 aromatic heterocycles. The molecule has 1 heterocycles. The molecule has 1 aliphatic rings. The molecular weight excluding hydrogens is 278 g/mol. The van der Waals surface area contributed by atoms with Gasteiger partial charge in [0.2, 0.25) is 5.12 Å². The quantitative estimate of drug-likeness (QED) is 0.628. The van der Waals surface area contributed by atoms with Gasteiger partial charge in [0.05, 0.1) is 7.11 Å². The second-order valence-corrected chi connectivity index (χ2v) is 5.90. The summed E-state index contributed by atoms with van der Waals surface area (Å²) in [5.41, 5.74) is 1.38. The van der Waals surface area contributed by atoms with Crippen molar-refractivity contribution in [2.75, 3.05) is 12.9 Å². The van der Waals surface area contributed by atoms with Gasteiger partial charge < -0.3 is 4.74 Å². The third-order valence-corrected chi connectivity index (χ3v) is 4.33. The van der Waals surface area contributed by atoms with Gasteiger partial charge in [-0.05, 0) is 35.5 Å². The van der Waals surface area contributed by atoms with E-state index >= 15 is 0 Å². The average Bonchev–Trinajstić information content (AvgIpc) is 2.77. The van der Waals surface area contributed by atoms with Gasteiger partial charge in [0, 0.05) is 5.75 Å². The fourth-order valence-corrected chi connectivity index (χ4v) is 3.07. The molecule has 0 aliphatic carbocycles. The first-order chi connectivity index (χ1) is 9.22. The molecule has 2 rings (SSSR count). The summed E-state index contributed by atoms with van der Waals surface area (Å²) in [6.45, 7) is 3.65. The minimum Gasteiger partial charge on any atom is -0.497 e. The summed E-state index contributed by atoms with van der Waals surface area (Å²) in [6, 6.07) is 7.53. The summed E-state index contributed by atoms with van der Waals surface area (Å²) in [5, 5.41) is -0.0191. The maximum atomic E-state index is 11.8. The van der Waals surface area contributed by atoms with E-state index in [4.69, 9.17) is 4.74 Å². The molecule has 98 valence electrons. The Balaban J connectivity index is 2.19. The van der Waals surface area contributed by atoms with Gasteiger partial charge in [-0.15, -0.1) is 6.58 Å². The van der Waals surface area contributed by atoms with Crippen molar-refractivity contribution in [2.45, 2.75) is 0 Å². The summed E-state index contributed by atoms with van der Waals surface area (Å²) in [5.74, 6) is 1.52. The topological polar surface area (TPSA) is 38.7 Å². The molecule has 0 fully saturated rings. The standard InChI is InChI=1S/C14H13NO2S2/c1-3-7-18-14-15-12(13(16)19-14)9-10-5-4-6-11(8-10)17-2/h3-6,8-9H,1,7H2,2H3/b12-9-. The van der Waals surface area contributed by atoms with E-state index in [0.29, 0.717) is 5.70 Å². The van der Waals surface area contributed by atoms with Crippen molar-refractivity contribution in [2.24, 2.45) is 4.99 Å². The minimum atomic E-state index is -0.0191. The number of hydrogen-bond acceptors (Lipinski definition) is 5. The fraction of sp³-hybridized carbons (Fsp3) is 0.143. The van der Waals surface area contributed by atoms with Crippen LogP contribution in [0.15, 0.2) is 47.6 Å². The predicted molar refractivity (Wildman–Crippen MR) is 83.7 cm³/mol. The molecule has 1 aromatic rings. The number of benzene rings is 1. The van der Waals surface area contributed by atoms with E-state index in [1.807, 2.05) is 24.3 Å². The van der Waals surface area contributed by atoms with E-state index in [2.05, 4.69) is 11.6 Å². The van der Waals surface area contributed by atoms with E-state index in [1.54, 1.807) is 19.3 Å². The van der Waals surface area contributed by atoms with E-state index in [1.165, 1.54) is 23.5 Å². The third-order valence-electron chi connectivity index (χ3n) is 2.32. The van der Waals surface area contributed by atoms with Crippen LogP contribution in [0.2, 0.25) is 0 Å². The normalized spacial score (nSPS) is 16.6. The van der Waals surface area contributed by atoms with Gasteiger partial charge >= 0.3 is 0 Å². The van der Waals surface area contributed by atoms with Gasteiger partial charge in [-0.3, -0.25) is 4.79 Å². The van der Waals surface area contributed by atoms with Crippen LogP contribution in [0.4, 0.5) is 0 Å². The fourth-order valence-electron chi connectivity index (χ4n) is 1.47. The summed E-state index contributed by atoms with van der Waals surface area (Å²) in [7, 11) is 1.62. The Morgan fingerprint density at radius 2 is 2.37 bits per heavy atom. The Hall–Kier alpha value is -1.46. The van der Waals surface area contributed by atoms with Crippen molar-refractivity contribution in [3.63, 3.8) is 0 Å². The van der Waals surface area contributed by atoms with Crippen LogP contribution in [0, 0.1) is 0 Å². The molecule has 0 bridgehead atoms. The predicted octanol–water partition coefficient (Wildman–Crippen LogP) is 3.58. The van der Waals surface area contributed by atoms with Crippen LogP contribution in [0.3, 0.4) is 0 Å². The maximum absolute atomic E-state index is 11.8. The van der Waals surface area contributed by atoms with Gasteiger partial charge in [0.25, 0.3) is 0 Å². The van der Waals surface area contributed by atoms with Crippen molar-refractivity contribution in [1.82, 2.24) is 0 Å². The van der Waals surface area contributed by atoms with Crippen molar-refractivity contribution in [3.8, 4) is 5.75 Å². The van der Waals surface area contributed by atoms with Crippen LogP contribution in [-0.4, -0.2) is 22.4 Å². The Morgan fingerprint density at radius 3 is 3.11 bits per heavy atom. The van der Waals surface area contributed by atoms with Crippen LogP contribution in [0.25, 0.3) is 6.08 Å². The second kappa shape index (κ2) is 6.63. The summed E-state index contributed by atoms with van der Waals surface area (Å²) < 4.78 is 5.93. The highest BCUT2D eigenvalue weighted by atomic mass is 32.2. The lowest BCUT2D eigenvalue weighted by Crippen LogP contribution is -1.88. The number of methoxy groups -OCH3 is 1. The zero-order chi connectivity index (χ0) is 13.7. The molecule has 0 atom stereocenters. The number of ether oxygens (including phenoxy) is 1. The average molecular weight is 291 g/mol. The van der Waals surface area contributed by atoms with E-state index < -0.39 is 0 Å². The lowest BCUT2D eigenvalue weighted by molar-refractivity contribution is -0.107. The van der Waals surface area contributed by atoms with E-state index in [0.717, 1.165) is 21.4 Å². The van der Waals surface area contributed by atoms with Gasteiger partial charge in [-0.25, -0.2) is 4.99 Å². The largest absolute Gasteiger partial charge is 0.497 e. The molecule has 5 heteroatoms. The number of thioether (sulfide) groups is 2. The molecule has 0 saturated carbocycles. The minimum absolute atomic E-state index is 0.0191. The number of aliphatic imine (C=N–C) groups is 1. The summed E-state index contributed by atoms with van der Waals surface area (Å²) in [4.78, 5) is 16.1. The van der Waals surface area contributed by atoms with Gasteiger partial charge in [-0.2, -0.15) is 0 Å². The van der Waals surface area contributed by atoms with Gasteiger partial charge in [0.1, 0.15) is 15.8 Å². The number of rotatable bonds is 4. The molecule has 0 radical (unpaired) electrons. The van der Waals surface area contributed by atoms with Crippen molar-refractivity contribution in [3.05, 3.63) is 48.2 Å². The van der Waals surface area contributed by atoms with Crippen molar-refractivity contribution >= 4 is 39.1 Å². The van der Waals surface area contributed by atoms with Crippen LogP contribution in [0.5, 0.6) is 5.75 Å². The second-order valence-electron chi connectivity index (χ2n) is 3.67. The smallest absolute Gasteiger partial charge is 0.244 e. The molecule has 0 spiro atoms. The number of carbonyl (C=O) groups excluding carboxylic acids is 1. The third kappa shape index (κ3) is 3.75. The van der Waals surface area contributed by atoms with Crippen molar-refractivity contribution in [1.29, 1.82) is 0 Å². The monoisotopic (exact) mass is 291 g/mol. The Morgan fingerprint density at radius 1 is 1.53 bits per heavy atom. The first-order valence-corrected chi connectivity index (χ1v) is 7.43. The zero-order valence-electron chi connectivity index (χ0n) is 10.5. The van der Waals surface area contributed by atoms with Crippen molar-refractivity contribution < 1.29 is 9.53 Å². The first-order valence-electron chi connectivity index (χ1n) is 5.63. The Bertz CT molecular complexity index is 564. The lowest BCUT2D eigenvalue weighted by Gasteiger charge is -2.00. The molecule has 1 aromatic carbocycles. The summed E-state index contributed by atoms with van der Waals surface area (Å²) in [6.07, 6.45) is 3.57. The van der Waals surface area contributed by atoms with Crippen LogP contribution < -0.4 is 4.74 Å². The molecule has 19 heavy (non-hydrogen) atoms. The summed E-state index contributed by atoms with van der Waals surface area (Å²) >= 11 is 2.69. The maximum Gasteiger partial charge on any atom is 0.244 e. The highest BCUT2D eigenvalue weighted by molar-refractivity contribution is 8.45. The highest BCUT2D eigenvalue weighted by Crippen LogP contribution is 2.31. The molecule has 0 amide bonds. The van der Waals surface area contributed by atoms with E-state index in [-0.39, 0.29) is 5.12 Å². The first kappa shape index (κ1) is 14.0. The van der Waals surface area contributed by atoms with Crippen LogP contribution in [-0.2, 0) is 4.79 Å². The lowest BCUT2D eigenvalue weighted by atomic mass is 10.2. The molecule has 0 saturated heterocycles. The molecule has 3 nitrogen and oxygen atoms in total. The Labute approximate surface area is 120 Å². The zero-order valence-corrected chi connectivity index (χ0v) is 12.1. The molecule has 0 unspecified atom stereocenters. The highest BCUT2D eigenvalue weighted by Gasteiger charge is 2.21. The van der Waals surface area contributed by atoms with Crippen LogP contribution >= 0.6 is 23.5 Å². The molecule has 1 aliphatic heterocycles. The number of carbonyl (C=O) groups is 1. The van der Waals surface area contributed by atoms with Crippen LogP contribution in [0.1, 0.15) is 5.56 Å². The number of nitrogens with zero attached hydrogens (tertiary/aromatic N) is 1. The molecule has 0 N–H and O–H groups in total. The number of hydrogen-bond donors (Lipinski definition) is 0.